The third kappa shape index (κ3) is 2.65. The molecule has 124 valence electrons. The maximum Gasteiger partial charge on any atom is 0.185 e. The lowest BCUT2D eigenvalue weighted by Crippen LogP contribution is -2.51. The van der Waals surface area contributed by atoms with Gasteiger partial charge in [0.15, 0.2) is 15.6 Å². The Bertz CT molecular complexity index is 695. The van der Waals surface area contributed by atoms with Crippen LogP contribution in [0, 0.1) is 30.1 Å². The Kier molecular flexibility index (Phi) is 3.45. The molecule has 0 heterocycles. The number of rotatable bonds is 4. The van der Waals surface area contributed by atoms with Gasteiger partial charge in [-0.3, -0.25) is 4.79 Å². The Labute approximate surface area is 138 Å². The molecular formula is C19H24O3S. The fourth-order valence-corrected chi connectivity index (χ4v) is 6.98. The highest BCUT2D eigenvalue weighted by atomic mass is 32.2. The first-order chi connectivity index (χ1) is 10.9. The summed E-state index contributed by atoms with van der Waals surface area (Å²) >= 11 is 0. The first-order valence-corrected chi connectivity index (χ1v) is 10.3. The molecule has 0 radical (unpaired) electrons. The monoisotopic (exact) mass is 332 g/mol. The number of sulfone groups is 1. The predicted molar refractivity (Wildman–Crippen MR) is 88.8 cm³/mol. The van der Waals surface area contributed by atoms with Gasteiger partial charge < -0.3 is 0 Å². The van der Waals surface area contributed by atoms with Crippen LogP contribution in [-0.4, -0.2) is 20.0 Å². The van der Waals surface area contributed by atoms with Crippen LogP contribution in [0.25, 0.3) is 0 Å². The molecule has 0 aliphatic heterocycles. The van der Waals surface area contributed by atoms with Gasteiger partial charge in [-0.25, -0.2) is 8.42 Å². The Morgan fingerprint density at radius 2 is 1.48 bits per heavy atom. The standard InChI is InChI=1S/C19H24O3S/c1-13-2-4-17(5-3-13)23(21,22)12-18(20)19-9-14-6-15(10-19)8-16(7-14)11-19/h2-5,14-16H,6-12H2,1H3. The molecule has 4 aliphatic carbocycles. The van der Waals surface area contributed by atoms with Gasteiger partial charge >= 0.3 is 0 Å². The van der Waals surface area contributed by atoms with E-state index in [-0.39, 0.29) is 21.8 Å². The van der Waals surface area contributed by atoms with Crippen molar-refractivity contribution in [2.75, 3.05) is 5.75 Å². The normalized spacial score (nSPS) is 35.4. The van der Waals surface area contributed by atoms with Crippen molar-refractivity contribution >= 4 is 15.6 Å². The van der Waals surface area contributed by atoms with Crippen LogP contribution >= 0.6 is 0 Å². The third-order valence-electron chi connectivity index (χ3n) is 6.33. The summed E-state index contributed by atoms with van der Waals surface area (Å²) in [7, 11) is -3.52. The van der Waals surface area contributed by atoms with Crippen LogP contribution in [0.3, 0.4) is 0 Å². The molecule has 1 aromatic rings. The van der Waals surface area contributed by atoms with E-state index in [9.17, 15) is 13.2 Å². The van der Waals surface area contributed by atoms with Crippen LogP contribution in [0.1, 0.15) is 44.1 Å². The third-order valence-corrected chi connectivity index (χ3v) is 7.96. The largest absolute Gasteiger partial charge is 0.298 e. The average molecular weight is 332 g/mol. The Hall–Kier alpha value is -1.16. The number of aryl methyl sites for hydroxylation is 1. The molecule has 0 unspecified atom stereocenters. The Balaban J connectivity index is 1.57. The van der Waals surface area contributed by atoms with Crippen molar-refractivity contribution in [1.82, 2.24) is 0 Å². The number of hydrogen-bond donors (Lipinski definition) is 0. The van der Waals surface area contributed by atoms with Crippen LogP contribution in [0.4, 0.5) is 0 Å². The first-order valence-electron chi connectivity index (χ1n) is 8.69. The van der Waals surface area contributed by atoms with Crippen molar-refractivity contribution in [3.05, 3.63) is 29.8 Å². The lowest BCUT2D eigenvalue weighted by Gasteiger charge is -2.55. The SMILES string of the molecule is Cc1ccc(S(=O)(=O)CC(=O)C23CC4CC(CC(C4)C2)C3)cc1. The second kappa shape index (κ2) is 5.17. The topological polar surface area (TPSA) is 51.2 Å². The molecule has 4 heteroatoms. The van der Waals surface area contributed by atoms with Crippen LogP contribution in [-0.2, 0) is 14.6 Å². The predicted octanol–water partition coefficient (Wildman–Crippen LogP) is 3.55. The summed E-state index contributed by atoms with van der Waals surface area (Å²) < 4.78 is 25.3. The zero-order valence-corrected chi connectivity index (χ0v) is 14.4. The van der Waals surface area contributed by atoms with Crippen molar-refractivity contribution in [2.45, 2.75) is 50.3 Å². The molecule has 0 amide bonds. The van der Waals surface area contributed by atoms with E-state index in [0.717, 1.165) is 24.8 Å². The number of benzene rings is 1. The van der Waals surface area contributed by atoms with Crippen molar-refractivity contribution in [2.24, 2.45) is 23.2 Å². The molecule has 1 aromatic carbocycles. The highest BCUT2D eigenvalue weighted by Crippen LogP contribution is 2.60. The molecule has 0 aromatic heterocycles. The van der Waals surface area contributed by atoms with Gasteiger partial charge in [0.05, 0.1) is 4.90 Å². The molecular weight excluding hydrogens is 308 g/mol. The highest BCUT2D eigenvalue weighted by Gasteiger charge is 2.54. The van der Waals surface area contributed by atoms with E-state index in [1.54, 1.807) is 24.3 Å². The molecule has 3 nitrogen and oxygen atoms in total. The second-order valence-corrected chi connectivity index (χ2v) is 10.2. The first kappa shape index (κ1) is 15.4. The summed E-state index contributed by atoms with van der Waals surface area (Å²) in [4.78, 5) is 13.3. The van der Waals surface area contributed by atoms with Crippen LogP contribution in [0.2, 0.25) is 0 Å². The van der Waals surface area contributed by atoms with E-state index >= 15 is 0 Å². The van der Waals surface area contributed by atoms with Crippen molar-refractivity contribution in [1.29, 1.82) is 0 Å². The van der Waals surface area contributed by atoms with Gasteiger partial charge in [0, 0.05) is 5.41 Å². The molecule has 5 rings (SSSR count). The van der Waals surface area contributed by atoms with Crippen molar-refractivity contribution in [3.8, 4) is 0 Å². The van der Waals surface area contributed by atoms with Gasteiger partial charge in [-0.05, 0) is 75.3 Å². The quantitative estimate of drug-likeness (QED) is 0.847. The second-order valence-electron chi connectivity index (χ2n) is 8.19. The molecule has 0 saturated heterocycles. The zero-order valence-electron chi connectivity index (χ0n) is 13.6. The molecule has 0 spiro atoms. The average Bonchev–Trinajstić information content (AvgIpc) is 2.45. The van der Waals surface area contributed by atoms with Gasteiger partial charge in [-0.2, -0.15) is 0 Å². The highest BCUT2D eigenvalue weighted by molar-refractivity contribution is 7.92. The molecule has 0 atom stereocenters. The van der Waals surface area contributed by atoms with Crippen LogP contribution in [0.5, 0.6) is 0 Å². The summed E-state index contributed by atoms with van der Waals surface area (Å²) in [6.45, 7) is 1.93. The van der Waals surface area contributed by atoms with Gasteiger partial charge in [-0.1, -0.05) is 17.7 Å². The molecule has 0 N–H and O–H groups in total. The zero-order chi connectivity index (χ0) is 16.2. The van der Waals surface area contributed by atoms with E-state index in [2.05, 4.69) is 0 Å². The van der Waals surface area contributed by atoms with Gasteiger partial charge in [0.1, 0.15) is 5.75 Å². The fourth-order valence-electron chi connectivity index (χ4n) is 5.61. The summed E-state index contributed by atoms with van der Waals surface area (Å²) in [5, 5.41) is 0. The molecule has 4 aliphatic rings. The minimum atomic E-state index is -3.52. The maximum atomic E-state index is 13.0. The summed E-state index contributed by atoms with van der Waals surface area (Å²) in [6, 6.07) is 6.83. The van der Waals surface area contributed by atoms with E-state index < -0.39 is 9.84 Å². The van der Waals surface area contributed by atoms with Crippen LogP contribution in [0.15, 0.2) is 29.2 Å². The molecule has 4 fully saturated rings. The van der Waals surface area contributed by atoms with Gasteiger partial charge in [0.2, 0.25) is 0 Å². The van der Waals surface area contributed by atoms with Crippen molar-refractivity contribution < 1.29 is 13.2 Å². The number of hydrogen-bond acceptors (Lipinski definition) is 3. The van der Waals surface area contributed by atoms with Crippen molar-refractivity contribution in [3.63, 3.8) is 0 Å². The maximum absolute atomic E-state index is 13.0. The number of carbonyl (C=O) groups excluding carboxylic acids is 1. The molecule has 4 saturated carbocycles. The van der Waals surface area contributed by atoms with E-state index in [1.807, 2.05) is 6.92 Å². The van der Waals surface area contributed by atoms with Gasteiger partial charge in [-0.15, -0.1) is 0 Å². The lowest BCUT2D eigenvalue weighted by atomic mass is 9.48. The smallest absolute Gasteiger partial charge is 0.185 e. The Morgan fingerprint density at radius 1 is 1.00 bits per heavy atom. The van der Waals surface area contributed by atoms with Gasteiger partial charge in [0.25, 0.3) is 0 Å². The lowest BCUT2D eigenvalue weighted by molar-refractivity contribution is -0.141. The minimum absolute atomic E-state index is 0.0165. The molecule has 4 bridgehead atoms. The number of ketones is 1. The number of Topliss-reactive ketones (excluding diaryl/α,β-unsaturated/α-hetero) is 1. The summed E-state index contributed by atoms with van der Waals surface area (Å²) in [6.07, 6.45) is 6.58. The Morgan fingerprint density at radius 3 is 1.96 bits per heavy atom. The minimum Gasteiger partial charge on any atom is -0.298 e. The van der Waals surface area contributed by atoms with E-state index in [1.165, 1.54) is 19.3 Å². The fraction of sp³-hybridized carbons (Fsp3) is 0.632. The number of carbonyl (C=O) groups is 1. The summed E-state index contributed by atoms with van der Waals surface area (Å²) in [5.74, 6) is 1.64. The van der Waals surface area contributed by atoms with E-state index in [0.29, 0.717) is 17.8 Å². The summed E-state index contributed by atoms with van der Waals surface area (Å²) in [5.41, 5.74) is 0.698. The molecule has 23 heavy (non-hydrogen) atoms. The van der Waals surface area contributed by atoms with Crippen LogP contribution < -0.4 is 0 Å². The van der Waals surface area contributed by atoms with E-state index in [4.69, 9.17) is 0 Å².